The fourth-order valence-electron chi connectivity index (χ4n) is 3.09. The highest BCUT2D eigenvalue weighted by molar-refractivity contribution is 5.75. The van der Waals surface area contributed by atoms with Crippen molar-refractivity contribution < 1.29 is 52.2 Å². The second-order valence-corrected chi connectivity index (χ2v) is 13.4. The van der Waals surface area contributed by atoms with Crippen LogP contribution in [0.15, 0.2) is 0 Å². The Morgan fingerprint density at radius 3 is 1.39 bits per heavy atom. The minimum atomic E-state index is -1.02. The van der Waals surface area contributed by atoms with E-state index >= 15 is 0 Å². The highest BCUT2D eigenvalue weighted by Crippen LogP contribution is 2.02. The van der Waals surface area contributed by atoms with Gasteiger partial charge in [-0.25, -0.2) is 0 Å². The van der Waals surface area contributed by atoms with Crippen molar-refractivity contribution in [3.63, 3.8) is 0 Å². The van der Waals surface area contributed by atoms with E-state index in [2.05, 4.69) is 79.3 Å². The molecule has 0 saturated heterocycles. The molecule has 0 aromatic heterocycles. The van der Waals surface area contributed by atoms with Gasteiger partial charge in [0.2, 0.25) is 0 Å². The predicted molar refractivity (Wildman–Crippen MR) is 306 cm³/mol. The Hall–Kier alpha value is -10.4. The minimum absolute atomic E-state index is 0.0550. The molecule has 0 aliphatic heterocycles. The molecule has 0 amide bonds. The fraction of sp³-hybridized carbons (Fsp3) is 0.516. The zero-order valence-corrected chi connectivity index (χ0v) is 48.1. The van der Waals surface area contributed by atoms with Gasteiger partial charge in [0.25, 0.3) is 0 Å². The molecule has 0 spiro atoms. The van der Waals surface area contributed by atoms with Crippen LogP contribution < -0.4 is 0 Å². The molecule has 0 radical (unpaired) electrons. The molecule has 0 heterocycles. The van der Waals surface area contributed by atoms with Crippen molar-refractivity contribution in [3.05, 3.63) is 0 Å². The summed E-state index contributed by atoms with van der Waals surface area (Å²) in [7, 11) is 0. The van der Waals surface area contributed by atoms with Gasteiger partial charge in [-0.1, -0.05) is 67.1 Å². The van der Waals surface area contributed by atoms with E-state index in [-0.39, 0.29) is 57.4 Å². The van der Waals surface area contributed by atoms with Crippen molar-refractivity contribution in [1.82, 2.24) is 0 Å². The summed E-state index contributed by atoms with van der Waals surface area (Å²) >= 11 is 0. The van der Waals surface area contributed by atoms with E-state index < -0.39 is 17.9 Å². The average Bonchev–Trinajstić information content (AvgIpc) is 3.50. The number of unbranched alkanes of at least 4 members (excludes halogenated alkanes) is 1. The molecule has 0 aromatic rings. The lowest BCUT2D eigenvalue weighted by atomic mass is 10.1. The summed E-state index contributed by atoms with van der Waals surface area (Å²) in [5, 5.41) is 81.0. The molecule has 0 bridgehead atoms. The molecule has 21 heteroatoms. The zero-order valence-electron chi connectivity index (χ0n) is 48.1. The molecule has 0 aliphatic rings. The van der Waals surface area contributed by atoms with Gasteiger partial charge in [-0.3, -0.25) is 9.59 Å². The number of ether oxygens (including phenoxy) is 9. The van der Waals surface area contributed by atoms with E-state index in [1.165, 1.54) is 0 Å². The number of carbonyl (C=O) groups excluding carboxylic acids is 2. The summed E-state index contributed by atoms with van der Waals surface area (Å²) in [6.45, 7) is 13.3. The lowest BCUT2D eigenvalue weighted by Gasteiger charge is -2.06. The molecule has 21 nitrogen and oxygen atoms in total. The first kappa shape index (κ1) is 92.0. The number of nitrogens with zero attached hydrogens (tertiary/aromatic N) is 10. The zero-order chi connectivity index (χ0) is 64.9. The van der Waals surface area contributed by atoms with E-state index in [1.807, 2.05) is 56.3 Å². The largest absolute Gasteiger partial charge is 0.452 e. The van der Waals surface area contributed by atoms with Crippen molar-refractivity contribution in [2.24, 2.45) is 11.8 Å². The first-order chi connectivity index (χ1) is 40.2. The third-order valence-electron chi connectivity index (χ3n) is 6.72. The smallest absolute Gasteiger partial charge is 0.325 e. The van der Waals surface area contributed by atoms with Crippen LogP contribution in [0.3, 0.4) is 0 Å². The Labute approximate surface area is 494 Å². The summed E-state index contributed by atoms with van der Waals surface area (Å²) < 4.78 is 42.9. The van der Waals surface area contributed by atoms with Crippen LogP contribution in [0, 0.1) is 235 Å². The molecule has 83 heavy (non-hydrogen) atoms. The maximum absolute atomic E-state index is 10.8. The van der Waals surface area contributed by atoms with Crippen LogP contribution in [0.4, 0.5) is 0 Å². The summed E-state index contributed by atoms with van der Waals surface area (Å²) in [5.41, 5.74) is 0. The first-order valence-corrected chi connectivity index (χ1v) is 24.3. The second-order valence-electron chi connectivity index (χ2n) is 13.4. The number of rotatable bonds is 26. The van der Waals surface area contributed by atoms with E-state index in [0.29, 0.717) is 91.8 Å². The Morgan fingerprint density at radius 2 is 0.964 bits per heavy atom. The standard InChI is InChI=1S/C8H6N2O2.C8H11NO.4C7H9NO.C6H5NO2.2C6H7NO/c1-2-5-12-8(11)7(6-10)3-4-9;1-3-8(4-2)10-7-5-6-9;1-3-7(2)9-6-4-5-8;1-3-4-9-6-7(2)5-8;1-2-6-9-7-4-3-5-8;1-2-3-4-6-9-7-5-8;1-2-5-9-6(8)3-4-7;1-2-5-8-6-3-4-7;1-2-3-5-8-6-4-7/h1,7H,3,5H2;1,8H,4-5,7H2,2H3;2*1,7H,4,6H2,2H3;1H,3-4,6-7H2;2,6-7H2,1H3;1H,3,5H2;1H,3,5-6H2;5-6H2,1H3. The van der Waals surface area contributed by atoms with Crippen LogP contribution in [0.5, 0.6) is 0 Å². The molecule has 0 fully saturated rings. The Bertz CT molecular complexity index is 2450. The molecule has 0 aliphatic carbocycles. The lowest BCUT2D eigenvalue weighted by molar-refractivity contribution is -0.145. The van der Waals surface area contributed by atoms with Gasteiger partial charge in [-0.05, 0) is 33.6 Å². The molecule has 0 N–H and O–H groups in total. The maximum atomic E-state index is 10.8. The van der Waals surface area contributed by atoms with Crippen molar-refractivity contribution in [2.75, 3.05) is 92.5 Å². The van der Waals surface area contributed by atoms with Crippen molar-refractivity contribution in [3.8, 4) is 171 Å². The van der Waals surface area contributed by atoms with Crippen LogP contribution in [-0.4, -0.2) is 117 Å². The van der Waals surface area contributed by atoms with E-state index in [4.69, 9.17) is 126 Å². The van der Waals surface area contributed by atoms with Crippen molar-refractivity contribution in [2.45, 2.75) is 105 Å². The van der Waals surface area contributed by atoms with Gasteiger partial charge < -0.3 is 42.6 Å². The van der Waals surface area contributed by atoms with Crippen LogP contribution in [0.25, 0.3) is 0 Å². The first-order valence-electron chi connectivity index (χ1n) is 24.3. The number of nitriles is 10. The third-order valence-corrected chi connectivity index (χ3v) is 6.72. The summed E-state index contributed by atoms with van der Waals surface area (Å²) in [4.78, 5) is 21.1. The number of carbonyl (C=O) groups is 2. The highest BCUT2D eigenvalue weighted by atomic mass is 16.5. The van der Waals surface area contributed by atoms with Crippen LogP contribution >= 0.6 is 0 Å². The number of hydrogen-bond acceptors (Lipinski definition) is 21. The normalized spacial score (nSPS) is 9.01. The topological polar surface area (TPSA) is 355 Å². The molecule has 0 aromatic carbocycles. The van der Waals surface area contributed by atoms with Crippen LogP contribution in [0.2, 0.25) is 0 Å². The molecule has 4 unspecified atom stereocenters. The van der Waals surface area contributed by atoms with Gasteiger partial charge >= 0.3 is 11.9 Å². The molecule has 436 valence electrons. The molecule has 0 saturated carbocycles. The predicted octanol–water partition coefficient (Wildman–Crippen LogP) is 6.34. The van der Waals surface area contributed by atoms with E-state index in [1.54, 1.807) is 39.0 Å². The van der Waals surface area contributed by atoms with Gasteiger partial charge in [-0.15, -0.1) is 56.8 Å². The summed E-state index contributed by atoms with van der Waals surface area (Å²) in [6.07, 6.45) is 37.9. The SMILES string of the molecule is C#CC(C)OCCC#N.C#CC(CC)OCCC#N.C#CCOC(=O)C(C#N)CC#N.C#CCOC(=O)CC#N.C#CCOCC(C)C#N.C#CCOCCC#N.C#CCOCCCC#N.CC#CCOCC#N.CCC#CCOCC#N. The molecular weight excluding hydrogens is 1060 g/mol. The van der Waals surface area contributed by atoms with Gasteiger partial charge in [0.1, 0.15) is 64.9 Å². The average molecular weight is 1130 g/mol. The molecule has 4 atom stereocenters. The Kier molecular flexibility index (Phi) is 108. The molecule has 0 rings (SSSR count). The van der Waals surface area contributed by atoms with Gasteiger partial charge in [-0.2, -0.15) is 52.6 Å². The van der Waals surface area contributed by atoms with Crippen LogP contribution in [0.1, 0.15) is 92.4 Å². The van der Waals surface area contributed by atoms with E-state index in [0.717, 1.165) is 19.3 Å². The van der Waals surface area contributed by atoms with Gasteiger partial charge in [0, 0.05) is 19.4 Å². The Balaban J connectivity index is -0.000000106. The fourth-order valence-corrected chi connectivity index (χ4v) is 3.09. The summed E-state index contributed by atoms with van der Waals surface area (Å²) in [5.74, 6) is 24.5. The number of terminal acetylenes is 7. The van der Waals surface area contributed by atoms with Crippen LogP contribution in [-0.2, 0) is 52.2 Å². The number of esters is 2. The monoisotopic (exact) mass is 1130 g/mol. The summed E-state index contributed by atoms with van der Waals surface area (Å²) in [6, 6.07) is 18.6. The Morgan fingerprint density at radius 1 is 0.470 bits per heavy atom. The van der Waals surface area contributed by atoms with Crippen molar-refractivity contribution >= 4 is 11.9 Å². The molecular formula is C62H72N10O11. The third kappa shape index (κ3) is 116. The number of hydrogen-bond donors (Lipinski definition) is 0. The highest BCUT2D eigenvalue weighted by Gasteiger charge is 2.18. The van der Waals surface area contributed by atoms with E-state index in [9.17, 15) is 9.59 Å². The minimum Gasteiger partial charge on any atom is -0.452 e. The lowest BCUT2D eigenvalue weighted by Crippen LogP contribution is -2.15. The van der Waals surface area contributed by atoms with Crippen molar-refractivity contribution in [1.29, 1.82) is 52.6 Å². The quantitative estimate of drug-likeness (QED) is 0.0518. The second kappa shape index (κ2) is 97.2. The van der Waals surface area contributed by atoms with Gasteiger partial charge in [0.05, 0.1) is 119 Å². The van der Waals surface area contributed by atoms with Gasteiger partial charge in [0.15, 0.2) is 19.1 Å². The maximum Gasteiger partial charge on any atom is 0.325 e.